The number of carbonyl (C=O) groups is 1. The van der Waals surface area contributed by atoms with Crippen LogP contribution in [0.1, 0.15) is 57.3 Å². The number of unbranched alkanes of at least 4 members (excludes halogenated alkanes) is 1. The molecule has 6 heteroatoms. The van der Waals surface area contributed by atoms with E-state index in [0.717, 1.165) is 51.0 Å². The summed E-state index contributed by atoms with van der Waals surface area (Å²) in [6, 6.07) is 0.123. The Balaban J connectivity index is 1.88. The zero-order valence-electron chi connectivity index (χ0n) is 14.2. The molecule has 1 saturated heterocycles. The van der Waals surface area contributed by atoms with Crippen molar-refractivity contribution in [3.05, 3.63) is 11.7 Å². The quantitative estimate of drug-likeness (QED) is 0.807. The molecule has 1 aromatic heterocycles. The summed E-state index contributed by atoms with van der Waals surface area (Å²) in [6.07, 6.45) is 4.90. The molecule has 1 aliphatic rings. The van der Waals surface area contributed by atoms with Gasteiger partial charge in [-0.3, -0.25) is 9.69 Å². The van der Waals surface area contributed by atoms with E-state index in [0.29, 0.717) is 5.89 Å². The second-order valence-corrected chi connectivity index (χ2v) is 6.37. The van der Waals surface area contributed by atoms with Crippen LogP contribution in [0.2, 0.25) is 0 Å². The molecule has 2 rings (SSSR count). The predicted molar refractivity (Wildman–Crippen MR) is 84.3 cm³/mol. The topological polar surface area (TPSA) is 62.5 Å². The van der Waals surface area contributed by atoms with Gasteiger partial charge in [-0.1, -0.05) is 18.5 Å². The highest BCUT2D eigenvalue weighted by atomic mass is 16.5. The average Bonchev–Trinajstić information content (AvgIpc) is 3.00. The van der Waals surface area contributed by atoms with E-state index in [2.05, 4.69) is 28.9 Å². The number of aromatic nitrogens is 2. The fraction of sp³-hybridized carbons (Fsp3) is 0.812. The van der Waals surface area contributed by atoms with Crippen molar-refractivity contribution in [3.63, 3.8) is 0 Å². The molecule has 2 heterocycles. The zero-order chi connectivity index (χ0) is 16.1. The fourth-order valence-corrected chi connectivity index (χ4v) is 2.93. The SMILES string of the molecule is CCCCc1noc(C(C)N2CCC(C(=O)N(C)C)CC2)n1. The number of nitrogens with zero attached hydrogens (tertiary/aromatic N) is 4. The number of hydrogen-bond donors (Lipinski definition) is 0. The molecule has 1 aromatic rings. The van der Waals surface area contributed by atoms with Gasteiger partial charge in [-0.25, -0.2) is 0 Å². The van der Waals surface area contributed by atoms with E-state index >= 15 is 0 Å². The van der Waals surface area contributed by atoms with Gasteiger partial charge in [0, 0.05) is 26.4 Å². The standard InChI is InChI=1S/C16H28N4O2/c1-5-6-7-14-17-15(22-18-14)12(2)20-10-8-13(9-11-20)16(21)19(3)4/h12-13H,5-11H2,1-4H3. The molecule has 0 N–H and O–H groups in total. The Morgan fingerprint density at radius 3 is 2.68 bits per heavy atom. The summed E-state index contributed by atoms with van der Waals surface area (Å²) < 4.78 is 5.41. The molecule has 0 bridgehead atoms. The van der Waals surface area contributed by atoms with Crippen molar-refractivity contribution in [1.29, 1.82) is 0 Å². The Morgan fingerprint density at radius 2 is 2.09 bits per heavy atom. The van der Waals surface area contributed by atoms with Crippen LogP contribution < -0.4 is 0 Å². The van der Waals surface area contributed by atoms with Crippen LogP contribution in [0.5, 0.6) is 0 Å². The average molecular weight is 308 g/mol. The molecule has 1 amide bonds. The van der Waals surface area contributed by atoms with Gasteiger partial charge in [0.05, 0.1) is 6.04 Å². The van der Waals surface area contributed by atoms with Gasteiger partial charge in [0.15, 0.2) is 5.82 Å². The molecule has 1 fully saturated rings. The molecule has 22 heavy (non-hydrogen) atoms. The minimum atomic E-state index is 0.123. The Hall–Kier alpha value is -1.43. The first-order valence-electron chi connectivity index (χ1n) is 8.30. The summed E-state index contributed by atoms with van der Waals surface area (Å²) in [5.41, 5.74) is 0. The first-order chi connectivity index (χ1) is 10.5. The third kappa shape index (κ3) is 4.06. The molecule has 0 spiro atoms. The highest BCUT2D eigenvalue weighted by molar-refractivity contribution is 5.78. The molecule has 0 saturated carbocycles. The maximum atomic E-state index is 12.0. The monoisotopic (exact) mass is 308 g/mol. The van der Waals surface area contributed by atoms with Crippen LogP contribution >= 0.6 is 0 Å². The van der Waals surface area contributed by atoms with Crippen LogP contribution in [0.4, 0.5) is 0 Å². The maximum Gasteiger partial charge on any atom is 0.243 e. The Morgan fingerprint density at radius 1 is 1.41 bits per heavy atom. The molecule has 1 aliphatic heterocycles. The number of amides is 1. The first-order valence-corrected chi connectivity index (χ1v) is 8.30. The van der Waals surface area contributed by atoms with Crippen molar-refractivity contribution in [2.45, 2.75) is 52.0 Å². The van der Waals surface area contributed by atoms with Crippen molar-refractivity contribution in [2.24, 2.45) is 5.92 Å². The summed E-state index contributed by atoms with van der Waals surface area (Å²) in [4.78, 5) is 20.6. The molecule has 0 aliphatic carbocycles. The lowest BCUT2D eigenvalue weighted by atomic mass is 9.94. The summed E-state index contributed by atoms with van der Waals surface area (Å²) in [6.45, 7) is 6.06. The molecule has 6 nitrogen and oxygen atoms in total. The molecule has 0 radical (unpaired) electrons. The van der Waals surface area contributed by atoms with Gasteiger partial charge >= 0.3 is 0 Å². The lowest BCUT2D eigenvalue weighted by Gasteiger charge is -2.34. The Kier molecular flexibility index (Phi) is 5.94. The van der Waals surface area contributed by atoms with Crippen molar-refractivity contribution >= 4 is 5.91 Å². The highest BCUT2D eigenvalue weighted by Crippen LogP contribution is 2.26. The van der Waals surface area contributed by atoms with Crippen LogP contribution in [0, 0.1) is 5.92 Å². The fourth-order valence-electron chi connectivity index (χ4n) is 2.93. The van der Waals surface area contributed by atoms with E-state index in [1.807, 2.05) is 14.1 Å². The third-order valence-corrected chi connectivity index (χ3v) is 4.46. The lowest BCUT2D eigenvalue weighted by molar-refractivity contribution is -0.134. The number of rotatable bonds is 6. The molecular formula is C16H28N4O2. The van der Waals surface area contributed by atoms with Gasteiger partial charge in [0.25, 0.3) is 0 Å². The third-order valence-electron chi connectivity index (χ3n) is 4.46. The van der Waals surface area contributed by atoms with E-state index < -0.39 is 0 Å². The van der Waals surface area contributed by atoms with Crippen LogP contribution in [0.15, 0.2) is 4.52 Å². The van der Waals surface area contributed by atoms with Gasteiger partial charge in [0.2, 0.25) is 11.8 Å². The van der Waals surface area contributed by atoms with Crippen molar-refractivity contribution in [2.75, 3.05) is 27.2 Å². The minimum Gasteiger partial charge on any atom is -0.349 e. The van der Waals surface area contributed by atoms with Crippen LogP contribution in [-0.4, -0.2) is 53.0 Å². The van der Waals surface area contributed by atoms with Gasteiger partial charge in [-0.05, 0) is 39.3 Å². The second-order valence-electron chi connectivity index (χ2n) is 6.37. The molecule has 1 atom stereocenters. The largest absolute Gasteiger partial charge is 0.349 e. The number of aryl methyl sites for hydroxylation is 1. The van der Waals surface area contributed by atoms with Crippen LogP contribution in [0.25, 0.3) is 0 Å². The van der Waals surface area contributed by atoms with Crippen molar-refractivity contribution < 1.29 is 9.32 Å². The first kappa shape index (κ1) is 16.9. The van der Waals surface area contributed by atoms with Crippen molar-refractivity contribution in [3.8, 4) is 0 Å². The van der Waals surface area contributed by atoms with E-state index in [4.69, 9.17) is 4.52 Å². The molecule has 1 unspecified atom stereocenters. The maximum absolute atomic E-state index is 12.0. The summed E-state index contributed by atoms with van der Waals surface area (Å²) in [5, 5.41) is 4.06. The number of piperidine rings is 1. The van der Waals surface area contributed by atoms with Crippen molar-refractivity contribution in [1.82, 2.24) is 19.9 Å². The Bertz CT molecular complexity index is 478. The summed E-state index contributed by atoms with van der Waals surface area (Å²) in [5.74, 6) is 1.90. The normalized spacial score (nSPS) is 18.4. The van der Waals surface area contributed by atoms with Gasteiger partial charge < -0.3 is 9.42 Å². The van der Waals surface area contributed by atoms with Crippen LogP contribution in [-0.2, 0) is 11.2 Å². The predicted octanol–water partition coefficient (Wildman–Crippen LogP) is 2.27. The lowest BCUT2D eigenvalue weighted by Crippen LogP contribution is -2.41. The van der Waals surface area contributed by atoms with E-state index in [9.17, 15) is 4.79 Å². The number of hydrogen-bond acceptors (Lipinski definition) is 5. The van der Waals surface area contributed by atoms with E-state index in [1.54, 1.807) is 4.90 Å². The number of likely N-dealkylation sites (tertiary alicyclic amines) is 1. The van der Waals surface area contributed by atoms with Crippen LogP contribution in [0.3, 0.4) is 0 Å². The van der Waals surface area contributed by atoms with Gasteiger partial charge in [-0.2, -0.15) is 4.98 Å². The highest BCUT2D eigenvalue weighted by Gasteiger charge is 2.30. The summed E-state index contributed by atoms with van der Waals surface area (Å²) in [7, 11) is 3.65. The van der Waals surface area contributed by atoms with E-state index in [-0.39, 0.29) is 17.9 Å². The van der Waals surface area contributed by atoms with Gasteiger partial charge in [0.1, 0.15) is 0 Å². The summed E-state index contributed by atoms with van der Waals surface area (Å²) >= 11 is 0. The second kappa shape index (κ2) is 7.72. The minimum absolute atomic E-state index is 0.123. The molecule has 124 valence electrons. The number of carbonyl (C=O) groups excluding carboxylic acids is 1. The zero-order valence-corrected chi connectivity index (χ0v) is 14.2. The Labute approximate surface area is 132 Å². The molecule has 0 aromatic carbocycles. The molecular weight excluding hydrogens is 280 g/mol. The smallest absolute Gasteiger partial charge is 0.243 e. The van der Waals surface area contributed by atoms with E-state index in [1.165, 1.54) is 0 Å². The van der Waals surface area contributed by atoms with Gasteiger partial charge in [-0.15, -0.1) is 0 Å².